The lowest BCUT2D eigenvalue weighted by Gasteiger charge is -2.41. The maximum atomic E-state index is 13.5. The summed E-state index contributed by atoms with van der Waals surface area (Å²) in [6.45, 7) is 5.31. The summed E-state index contributed by atoms with van der Waals surface area (Å²) >= 11 is 0. The van der Waals surface area contributed by atoms with E-state index < -0.39 is 29.5 Å². The summed E-state index contributed by atoms with van der Waals surface area (Å²) < 4.78 is 50.9. The number of carbonyl (C=O) groups excluding carboxylic acids is 2. The molecule has 0 aromatic rings. The fourth-order valence-corrected chi connectivity index (χ4v) is 4.82. The average Bonchev–Trinajstić information content (AvgIpc) is 3.21. The summed E-state index contributed by atoms with van der Waals surface area (Å²) in [7, 11) is 1.09. The van der Waals surface area contributed by atoms with Crippen LogP contribution in [-0.4, -0.2) is 53.3 Å². The third-order valence-corrected chi connectivity index (χ3v) is 6.29. The molecule has 1 aliphatic heterocycles. The maximum absolute atomic E-state index is 13.5. The molecule has 1 heterocycles. The van der Waals surface area contributed by atoms with Crippen molar-refractivity contribution in [2.45, 2.75) is 95.2 Å². The Morgan fingerprint density at radius 3 is 2.43 bits per heavy atom. The van der Waals surface area contributed by atoms with Crippen molar-refractivity contribution in [1.29, 1.82) is 0 Å². The first-order chi connectivity index (χ1) is 12.9. The van der Waals surface area contributed by atoms with Crippen molar-refractivity contribution in [3.63, 3.8) is 0 Å². The quantitative estimate of drug-likeness (QED) is 0.692. The van der Waals surface area contributed by atoms with E-state index in [-0.39, 0.29) is 37.0 Å². The molecule has 0 bridgehead atoms. The zero-order valence-electron chi connectivity index (χ0n) is 17.0. The minimum atomic E-state index is -4.46. The number of methoxy groups -OCH3 is 1. The van der Waals surface area contributed by atoms with Gasteiger partial charge in [0.1, 0.15) is 5.60 Å². The van der Waals surface area contributed by atoms with Gasteiger partial charge in [0.05, 0.1) is 6.04 Å². The molecule has 28 heavy (non-hydrogen) atoms. The number of hydrogen-bond acceptors (Lipinski definition) is 4. The molecule has 2 saturated carbocycles. The Bertz CT molecular complexity index is 630. The standard InChI is InChI=1S/C20H30F3NO4/c1-18(2,3)28-17(26)24-14-9-13(14)10-15(24)16(25)8-12-6-5-7-19(11-12,27-4)20(21,22)23/h12-15H,5-11H2,1-4H3/t12?,13-,14-,15+,19?/m1/s1. The van der Waals surface area contributed by atoms with Crippen LogP contribution in [0, 0.1) is 11.8 Å². The molecule has 0 aromatic carbocycles. The number of ketones is 1. The second kappa shape index (κ2) is 7.18. The molecule has 160 valence electrons. The minimum absolute atomic E-state index is 0.0309. The molecule has 0 N–H and O–H groups in total. The fourth-order valence-electron chi connectivity index (χ4n) is 4.82. The van der Waals surface area contributed by atoms with E-state index in [1.54, 1.807) is 20.8 Å². The summed E-state index contributed by atoms with van der Waals surface area (Å²) in [6.07, 6.45) is -2.79. The summed E-state index contributed by atoms with van der Waals surface area (Å²) in [5.41, 5.74) is -2.83. The Kier molecular flexibility index (Phi) is 5.49. The highest BCUT2D eigenvalue weighted by Gasteiger charge is 2.59. The van der Waals surface area contributed by atoms with Gasteiger partial charge in [0.25, 0.3) is 0 Å². The van der Waals surface area contributed by atoms with Crippen molar-refractivity contribution in [2.75, 3.05) is 7.11 Å². The van der Waals surface area contributed by atoms with Gasteiger partial charge in [-0.3, -0.25) is 9.69 Å². The molecule has 0 aromatic heterocycles. The zero-order chi connectivity index (χ0) is 20.9. The zero-order valence-corrected chi connectivity index (χ0v) is 17.0. The lowest BCUT2D eigenvalue weighted by molar-refractivity contribution is -0.284. The number of nitrogens with zero attached hydrogens (tertiary/aromatic N) is 1. The van der Waals surface area contributed by atoms with E-state index >= 15 is 0 Å². The van der Waals surface area contributed by atoms with Crippen LogP contribution in [-0.2, 0) is 14.3 Å². The lowest BCUT2D eigenvalue weighted by atomic mass is 9.75. The van der Waals surface area contributed by atoms with Crippen LogP contribution < -0.4 is 0 Å². The predicted molar refractivity (Wildman–Crippen MR) is 95.8 cm³/mol. The predicted octanol–water partition coefficient (Wildman–Crippen LogP) is 4.48. The summed E-state index contributed by atoms with van der Waals surface area (Å²) in [6, 6.07) is -0.549. The normalized spacial score (nSPS) is 35.5. The van der Waals surface area contributed by atoms with Gasteiger partial charge in [0.15, 0.2) is 11.4 Å². The molecule has 1 saturated heterocycles. The number of alkyl halides is 3. The Hall–Kier alpha value is -1.31. The largest absolute Gasteiger partial charge is 0.444 e. The highest BCUT2D eigenvalue weighted by molar-refractivity contribution is 5.89. The molecular weight excluding hydrogens is 375 g/mol. The molecule has 5 nitrogen and oxygen atoms in total. The Balaban J connectivity index is 1.66. The third kappa shape index (κ3) is 4.16. The van der Waals surface area contributed by atoms with Crippen molar-refractivity contribution in [2.24, 2.45) is 11.8 Å². The number of Topliss-reactive ketones (excluding diaryl/α,β-unsaturated/α-hetero) is 1. The molecule has 3 aliphatic rings. The van der Waals surface area contributed by atoms with Crippen LogP contribution in [0.2, 0.25) is 0 Å². The van der Waals surface area contributed by atoms with Gasteiger partial charge < -0.3 is 9.47 Å². The molecule has 3 rings (SSSR count). The number of rotatable bonds is 4. The Morgan fingerprint density at radius 2 is 1.86 bits per heavy atom. The van der Waals surface area contributed by atoms with Gasteiger partial charge >= 0.3 is 12.3 Å². The van der Waals surface area contributed by atoms with E-state index in [2.05, 4.69) is 0 Å². The van der Waals surface area contributed by atoms with Crippen molar-refractivity contribution in [3.05, 3.63) is 0 Å². The van der Waals surface area contributed by atoms with Crippen LogP contribution in [0.1, 0.15) is 65.7 Å². The number of carbonyl (C=O) groups is 2. The lowest BCUT2D eigenvalue weighted by Crippen LogP contribution is -2.51. The van der Waals surface area contributed by atoms with E-state index in [0.717, 1.165) is 13.5 Å². The highest BCUT2D eigenvalue weighted by atomic mass is 19.4. The molecular formula is C20H30F3NO4. The first-order valence-electron chi connectivity index (χ1n) is 10.0. The van der Waals surface area contributed by atoms with Crippen LogP contribution >= 0.6 is 0 Å². The second-order valence-corrected chi connectivity index (χ2v) is 9.53. The smallest absolute Gasteiger partial charge is 0.417 e. The molecule has 1 amide bonds. The van der Waals surface area contributed by atoms with E-state index in [4.69, 9.17) is 9.47 Å². The molecule has 3 fully saturated rings. The molecule has 5 atom stereocenters. The Morgan fingerprint density at radius 1 is 1.18 bits per heavy atom. The van der Waals surface area contributed by atoms with Crippen LogP contribution in [0.3, 0.4) is 0 Å². The van der Waals surface area contributed by atoms with Crippen molar-refractivity contribution < 1.29 is 32.2 Å². The van der Waals surface area contributed by atoms with E-state index in [1.807, 2.05) is 0 Å². The van der Waals surface area contributed by atoms with E-state index in [9.17, 15) is 22.8 Å². The highest BCUT2D eigenvalue weighted by Crippen LogP contribution is 2.50. The van der Waals surface area contributed by atoms with Gasteiger partial charge in [0.2, 0.25) is 0 Å². The number of amides is 1. The number of halogens is 3. The van der Waals surface area contributed by atoms with E-state index in [1.165, 1.54) is 4.90 Å². The van der Waals surface area contributed by atoms with Gasteiger partial charge in [-0.25, -0.2) is 4.79 Å². The van der Waals surface area contributed by atoms with Gasteiger partial charge in [-0.05, 0) is 71.1 Å². The van der Waals surface area contributed by atoms with Gasteiger partial charge in [-0.2, -0.15) is 13.2 Å². The van der Waals surface area contributed by atoms with Crippen molar-refractivity contribution in [3.8, 4) is 0 Å². The number of likely N-dealkylation sites (tertiary alicyclic amines) is 1. The van der Waals surface area contributed by atoms with Crippen molar-refractivity contribution >= 4 is 11.9 Å². The monoisotopic (exact) mass is 405 g/mol. The Labute approximate surface area is 163 Å². The number of piperidine rings is 1. The summed E-state index contributed by atoms with van der Waals surface area (Å²) in [5.74, 6) is -0.238. The molecule has 8 heteroatoms. The van der Waals surface area contributed by atoms with Crippen LogP contribution in [0.4, 0.5) is 18.0 Å². The molecule has 2 unspecified atom stereocenters. The average molecular weight is 405 g/mol. The van der Waals surface area contributed by atoms with Crippen molar-refractivity contribution in [1.82, 2.24) is 4.90 Å². The maximum Gasteiger partial charge on any atom is 0.417 e. The molecule has 0 spiro atoms. The van der Waals surface area contributed by atoms with Gasteiger partial charge in [-0.1, -0.05) is 0 Å². The second-order valence-electron chi connectivity index (χ2n) is 9.53. The van der Waals surface area contributed by atoms with Crippen LogP contribution in [0.25, 0.3) is 0 Å². The number of hydrogen-bond donors (Lipinski definition) is 0. The van der Waals surface area contributed by atoms with E-state index in [0.29, 0.717) is 25.2 Å². The number of ether oxygens (including phenoxy) is 2. The molecule has 2 aliphatic carbocycles. The number of fused-ring (bicyclic) bond motifs is 1. The third-order valence-electron chi connectivity index (χ3n) is 6.29. The summed E-state index contributed by atoms with van der Waals surface area (Å²) in [5, 5.41) is 0. The minimum Gasteiger partial charge on any atom is -0.444 e. The van der Waals surface area contributed by atoms with Gasteiger partial charge in [-0.15, -0.1) is 0 Å². The van der Waals surface area contributed by atoms with Gasteiger partial charge in [0, 0.05) is 19.6 Å². The first kappa shape index (κ1) is 21.4. The summed E-state index contributed by atoms with van der Waals surface area (Å²) in [4.78, 5) is 27.0. The molecule has 0 radical (unpaired) electrons. The fraction of sp³-hybridized carbons (Fsp3) is 0.900. The SMILES string of the molecule is COC1(C(F)(F)F)CCCC(CC(=O)[C@@H]2C[C@H]3C[C@H]3N2C(=O)OC(C)(C)C)C1. The van der Waals surface area contributed by atoms with Crippen LogP contribution in [0.15, 0.2) is 0 Å². The topological polar surface area (TPSA) is 55.8 Å². The van der Waals surface area contributed by atoms with Crippen LogP contribution in [0.5, 0.6) is 0 Å². The first-order valence-corrected chi connectivity index (χ1v) is 10.0.